The van der Waals surface area contributed by atoms with Crippen molar-refractivity contribution in [2.45, 2.75) is 19.8 Å². The Kier molecular flexibility index (Phi) is 3.32. The molecule has 0 radical (unpaired) electrons. The van der Waals surface area contributed by atoms with Crippen LogP contribution in [0.15, 0.2) is 30.5 Å². The van der Waals surface area contributed by atoms with Gasteiger partial charge in [0.05, 0.1) is 13.3 Å². The van der Waals surface area contributed by atoms with E-state index in [9.17, 15) is 0 Å². The summed E-state index contributed by atoms with van der Waals surface area (Å²) in [6.45, 7) is 4.31. The first-order valence-electron chi connectivity index (χ1n) is 5.65. The van der Waals surface area contributed by atoms with Crippen molar-refractivity contribution in [2.24, 2.45) is 0 Å². The Morgan fingerprint density at radius 1 is 1.29 bits per heavy atom. The van der Waals surface area contributed by atoms with Gasteiger partial charge in [-0.15, -0.1) is 0 Å². The molecule has 0 saturated carbocycles. The van der Waals surface area contributed by atoms with Gasteiger partial charge in [-0.3, -0.25) is 5.10 Å². The quantitative estimate of drug-likeness (QED) is 0.849. The average Bonchev–Trinajstić information content (AvgIpc) is 2.81. The van der Waals surface area contributed by atoms with E-state index < -0.39 is 0 Å². The highest BCUT2D eigenvalue weighted by Crippen LogP contribution is 2.30. The minimum absolute atomic E-state index is 0.450. The van der Waals surface area contributed by atoms with E-state index in [4.69, 9.17) is 4.74 Å². The molecule has 0 aliphatic heterocycles. The number of methoxy groups -OCH3 is 1. The molecule has 1 aromatic carbocycles. The van der Waals surface area contributed by atoms with Crippen LogP contribution < -0.4 is 10.1 Å². The van der Waals surface area contributed by atoms with Gasteiger partial charge in [0.25, 0.3) is 0 Å². The minimum atomic E-state index is 0.450. The minimum Gasteiger partial charge on any atom is -0.496 e. The molecule has 17 heavy (non-hydrogen) atoms. The standard InChI is InChI=1S/C13H17N3O/c1-9(2)11-5-4-10(8-12(11)17-3)15-13-6-7-14-16-13/h4-9H,1-3H3,(H2,14,15,16). The number of aromatic amines is 1. The third-order valence-electron chi connectivity index (χ3n) is 2.64. The molecule has 0 unspecified atom stereocenters. The summed E-state index contributed by atoms with van der Waals surface area (Å²) >= 11 is 0. The molecule has 0 saturated heterocycles. The van der Waals surface area contributed by atoms with Crippen LogP contribution in [-0.2, 0) is 0 Å². The summed E-state index contributed by atoms with van der Waals surface area (Å²) in [6, 6.07) is 8.00. The largest absolute Gasteiger partial charge is 0.496 e. The molecule has 90 valence electrons. The predicted molar refractivity (Wildman–Crippen MR) is 69.0 cm³/mol. The van der Waals surface area contributed by atoms with E-state index >= 15 is 0 Å². The number of nitrogens with zero attached hydrogens (tertiary/aromatic N) is 1. The van der Waals surface area contributed by atoms with Gasteiger partial charge < -0.3 is 10.1 Å². The normalized spacial score (nSPS) is 10.6. The van der Waals surface area contributed by atoms with Crippen LogP contribution in [-0.4, -0.2) is 17.3 Å². The van der Waals surface area contributed by atoms with Crippen molar-refractivity contribution >= 4 is 11.5 Å². The fourth-order valence-electron chi connectivity index (χ4n) is 1.75. The van der Waals surface area contributed by atoms with E-state index in [-0.39, 0.29) is 0 Å². The van der Waals surface area contributed by atoms with Gasteiger partial charge in [-0.05, 0) is 17.5 Å². The zero-order chi connectivity index (χ0) is 12.3. The highest BCUT2D eigenvalue weighted by atomic mass is 16.5. The molecule has 4 nitrogen and oxygen atoms in total. The van der Waals surface area contributed by atoms with Gasteiger partial charge in [-0.2, -0.15) is 5.10 Å². The van der Waals surface area contributed by atoms with Crippen LogP contribution in [0, 0.1) is 0 Å². The molecule has 0 aliphatic rings. The molecule has 2 aromatic rings. The number of benzene rings is 1. The Labute approximate surface area is 101 Å². The van der Waals surface area contributed by atoms with Crippen LogP contribution in [0.25, 0.3) is 0 Å². The van der Waals surface area contributed by atoms with Crippen LogP contribution in [0.4, 0.5) is 11.5 Å². The molecule has 0 fully saturated rings. The van der Waals surface area contributed by atoms with Crippen molar-refractivity contribution in [3.8, 4) is 5.75 Å². The summed E-state index contributed by atoms with van der Waals surface area (Å²) < 4.78 is 5.40. The highest BCUT2D eigenvalue weighted by Gasteiger charge is 2.08. The van der Waals surface area contributed by atoms with E-state index in [1.807, 2.05) is 18.2 Å². The van der Waals surface area contributed by atoms with Gasteiger partial charge in [0, 0.05) is 17.8 Å². The molecule has 0 aliphatic carbocycles. The molecular weight excluding hydrogens is 214 g/mol. The van der Waals surface area contributed by atoms with Gasteiger partial charge in [0.15, 0.2) is 0 Å². The molecular formula is C13H17N3O. The first-order chi connectivity index (χ1) is 8.20. The number of nitrogens with one attached hydrogen (secondary N) is 2. The maximum Gasteiger partial charge on any atom is 0.125 e. The van der Waals surface area contributed by atoms with E-state index in [0.29, 0.717) is 5.92 Å². The number of anilines is 2. The van der Waals surface area contributed by atoms with Crippen molar-refractivity contribution < 1.29 is 4.74 Å². The molecule has 0 amide bonds. The van der Waals surface area contributed by atoms with Crippen LogP contribution in [0.2, 0.25) is 0 Å². The summed E-state index contributed by atoms with van der Waals surface area (Å²) in [5.41, 5.74) is 2.19. The van der Waals surface area contributed by atoms with Crippen LogP contribution in [0.5, 0.6) is 5.75 Å². The van der Waals surface area contributed by atoms with Crippen molar-refractivity contribution in [1.29, 1.82) is 0 Å². The second-order valence-electron chi connectivity index (χ2n) is 4.21. The Morgan fingerprint density at radius 3 is 2.71 bits per heavy atom. The monoisotopic (exact) mass is 231 g/mol. The van der Waals surface area contributed by atoms with Gasteiger partial charge in [-0.1, -0.05) is 19.9 Å². The maximum absolute atomic E-state index is 5.40. The Balaban J connectivity index is 2.25. The van der Waals surface area contributed by atoms with E-state index in [0.717, 1.165) is 17.3 Å². The number of H-pyrrole nitrogens is 1. The fourth-order valence-corrected chi connectivity index (χ4v) is 1.75. The summed E-state index contributed by atoms with van der Waals surface area (Å²) in [5.74, 6) is 2.22. The van der Waals surface area contributed by atoms with Gasteiger partial charge in [-0.25, -0.2) is 0 Å². The first kappa shape index (κ1) is 11.5. The number of hydrogen-bond donors (Lipinski definition) is 2. The SMILES string of the molecule is COc1cc(Nc2ccn[nH]2)ccc1C(C)C. The van der Waals surface area contributed by atoms with Crippen molar-refractivity contribution in [2.75, 3.05) is 12.4 Å². The van der Waals surface area contributed by atoms with Crippen molar-refractivity contribution in [3.05, 3.63) is 36.0 Å². The van der Waals surface area contributed by atoms with Gasteiger partial charge >= 0.3 is 0 Å². The first-order valence-corrected chi connectivity index (χ1v) is 5.65. The molecule has 0 bridgehead atoms. The predicted octanol–water partition coefficient (Wildman–Crippen LogP) is 3.29. The summed E-state index contributed by atoms with van der Waals surface area (Å²) in [6.07, 6.45) is 1.71. The molecule has 1 heterocycles. The Hall–Kier alpha value is -1.97. The third kappa shape index (κ3) is 2.58. The molecule has 1 aromatic heterocycles. The third-order valence-corrected chi connectivity index (χ3v) is 2.64. The van der Waals surface area contributed by atoms with E-state index in [1.165, 1.54) is 5.56 Å². The second-order valence-corrected chi connectivity index (χ2v) is 4.21. The summed E-state index contributed by atoms with van der Waals surface area (Å²) in [7, 11) is 1.70. The molecule has 2 rings (SSSR count). The lowest BCUT2D eigenvalue weighted by Crippen LogP contribution is -1.97. The van der Waals surface area contributed by atoms with Crippen molar-refractivity contribution in [3.63, 3.8) is 0 Å². The molecule has 0 atom stereocenters. The molecule has 0 spiro atoms. The highest BCUT2D eigenvalue weighted by molar-refractivity contribution is 5.59. The number of aromatic nitrogens is 2. The van der Waals surface area contributed by atoms with E-state index in [1.54, 1.807) is 13.3 Å². The molecule has 2 N–H and O–H groups in total. The van der Waals surface area contributed by atoms with Crippen LogP contribution >= 0.6 is 0 Å². The fraction of sp³-hybridized carbons (Fsp3) is 0.308. The zero-order valence-electron chi connectivity index (χ0n) is 10.3. The summed E-state index contributed by atoms with van der Waals surface area (Å²) in [4.78, 5) is 0. The van der Waals surface area contributed by atoms with Crippen LogP contribution in [0.3, 0.4) is 0 Å². The second kappa shape index (κ2) is 4.91. The van der Waals surface area contributed by atoms with Gasteiger partial charge in [0.2, 0.25) is 0 Å². The number of rotatable bonds is 4. The van der Waals surface area contributed by atoms with E-state index in [2.05, 4.69) is 35.4 Å². The maximum atomic E-state index is 5.40. The number of ether oxygens (including phenoxy) is 1. The molecule has 4 heteroatoms. The Bertz CT molecular complexity index is 477. The average molecular weight is 231 g/mol. The smallest absolute Gasteiger partial charge is 0.125 e. The lowest BCUT2D eigenvalue weighted by atomic mass is 10.0. The zero-order valence-corrected chi connectivity index (χ0v) is 10.3. The lowest BCUT2D eigenvalue weighted by Gasteiger charge is -2.13. The lowest BCUT2D eigenvalue weighted by molar-refractivity contribution is 0.408. The summed E-state index contributed by atoms with van der Waals surface area (Å²) in [5, 5.41) is 9.97. The topological polar surface area (TPSA) is 49.9 Å². The van der Waals surface area contributed by atoms with Crippen molar-refractivity contribution in [1.82, 2.24) is 10.2 Å². The van der Waals surface area contributed by atoms with Crippen LogP contribution in [0.1, 0.15) is 25.3 Å². The van der Waals surface area contributed by atoms with Gasteiger partial charge in [0.1, 0.15) is 11.6 Å². The Morgan fingerprint density at radius 2 is 2.12 bits per heavy atom. The number of hydrogen-bond acceptors (Lipinski definition) is 3.